The quantitative estimate of drug-likeness (QED) is 0.829. The van der Waals surface area contributed by atoms with Crippen molar-refractivity contribution < 1.29 is 9.53 Å². The van der Waals surface area contributed by atoms with Crippen LogP contribution in [0.5, 0.6) is 5.75 Å². The molecule has 2 atom stereocenters. The van der Waals surface area contributed by atoms with Crippen LogP contribution in [0.1, 0.15) is 43.5 Å². The number of ether oxygens (including phenoxy) is 1. The number of amides is 1. The Morgan fingerprint density at radius 2 is 2.05 bits per heavy atom. The molecule has 1 amide bonds. The molecule has 0 saturated heterocycles. The van der Waals surface area contributed by atoms with Gasteiger partial charge in [-0.15, -0.1) is 0 Å². The van der Waals surface area contributed by atoms with Crippen molar-refractivity contribution in [2.75, 3.05) is 5.33 Å². The highest BCUT2D eigenvalue weighted by atomic mass is 79.9. The van der Waals surface area contributed by atoms with E-state index in [0.717, 1.165) is 17.5 Å². The molecule has 0 aliphatic heterocycles. The van der Waals surface area contributed by atoms with Crippen molar-refractivity contribution in [3.8, 4) is 5.75 Å². The van der Waals surface area contributed by atoms with Crippen LogP contribution in [-0.2, 0) is 0 Å². The molecule has 20 heavy (non-hydrogen) atoms. The zero-order chi connectivity index (χ0) is 14.5. The Labute approximate surface area is 129 Å². The summed E-state index contributed by atoms with van der Waals surface area (Å²) in [6, 6.07) is 7.65. The van der Waals surface area contributed by atoms with Crippen LogP contribution in [0.2, 0.25) is 0 Å². The van der Waals surface area contributed by atoms with Crippen molar-refractivity contribution in [1.82, 2.24) is 5.32 Å². The highest BCUT2D eigenvalue weighted by molar-refractivity contribution is 9.09. The van der Waals surface area contributed by atoms with Crippen LogP contribution in [-0.4, -0.2) is 23.4 Å². The minimum Gasteiger partial charge on any atom is -0.491 e. The third kappa shape index (κ3) is 3.98. The molecule has 110 valence electrons. The van der Waals surface area contributed by atoms with Crippen LogP contribution < -0.4 is 10.1 Å². The SMILES string of the molecule is CC(C)Oc1ccc(C(=O)NC2CCCC2CBr)cc1. The van der Waals surface area contributed by atoms with E-state index >= 15 is 0 Å². The first kappa shape index (κ1) is 15.4. The van der Waals surface area contributed by atoms with Gasteiger partial charge in [0, 0.05) is 16.9 Å². The molecule has 1 N–H and O–H groups in total. The molecule has 4 heteroatoms. The first-order valence-corrected chi connectivity index (χ1v) is 8.36. The van der Waals surface area contributed by atoms with Gasteiger partial charge in [0.2, 0.25) is 0 Å². The van der Waals surface area contributed by atoms with Gasteiger partial charge in [0.15, 0.2) is 0 Å². The van der Waals surface area contributed by atoms with Gasteiger partial charge in [-0.3, -0.25) is 4.79 Å². The van der Waals surface area contributed by atoms with Crippen molar-refractivity contribution in [2.24, 2.45) is 5.92 Å². The van der Waals surface area contributed by atoms with Crippen LogP contribution in [0.25, 0.3) is 0 Å². The van der Waals surface area contributed by atoms with Gasteiger partial charge in [0.25, 0.3) is 5.91 Å². The lowest BCUT2D eigenvalue weighted by Crippen LogP contribution is -2.37. The molecule has 1 aromatic carbocycles. The lowest BCUT2D eigenvalue weighted by molar-refractivity contribution is 0.0930. The third-order valence-electron chi connectivity index (χ3n) is 3.66. The number of hydrogen-bond donors (Lipinski definition) is 1. The average molecular weight is 340 g/mol. The minimum atomic E-state index is 0.0129. The zero-order valence-electron chi connectivity index (χ0n) is 12.1. The van der Waals surface area contributed by atoms with E-state index < -0.39 is 0 Å². The molecule has 2 rings (SSSR count). The smallest absolute Gasteiger partial charge is 0.251 e. The number of carbonyl (C=O) groups is 1. The molecule has 1 saturated carbocycles. The van der Waals surface area contributed by atoms with Crippen LogP contribution >= 0.6 is 15.9 Å². The fourth-order valence-corrected chi connectivity index (χ4v) is 3.40. The number of hydrogen-bond acceptors (Lipinski definition) is 2. The number of rotatable bonds is 5. The normalized spacial score (nSPS) is 22.0. The number of carbonyl (C=O) groups excluding carboxylic acids is 1. The average Bonchev–Trinajstić information content (AvgIpc) is 2.86. The summed E-state index contributed by atoms with van der Waals surface area (Å²) in [5, 5.41) is 4.10. The van der Waals surface area contributed by atoms with Crippen LogP contribution in [0, 0.1) is 5.92 Å². The van der Waals surface area contributed by atoms with Crippen LogP contribution in [0.3, 0.4) is 0 Å². The second-order valence-electron chi connectivity index (χ2n) is 5.62. The molecule has 0 radical (unpaired) electrons. The topological polar surface area (TPSA) is 38.3 Å². The van der Waals surface area contributed by atoms with Gasteiger partial charge in [-0.2, -0.15) is 0 Å². The highest BCUT2D eigenvalue weighted by Gasteiger charge is 2.27. The van der Waals surface area contributed by atoms with E-state index in [1.54, 1.807) is 0 Å². The van der Waals surface area contributed by atoms with Gasteiger partial charge in [-0.25, -0.2) is 0 Å². The van der Waals surface area contributed by atoms with Gasteiger partial charge in [0.1, 0.15) is 5.75 Å². The van der Waals surface area contributed by atoms with Crippen molar-refractivity contribution in [3.05, 3.63) is 29.8 Å². The summed E-state index contributed by atoms with van der Waals surface area (Å²) in [6.45, 7) is 3.97. The molecule has 0 aromatic heterocycles. The molecule has 0 bridgehead atoms. The first-order valence-electron chi connectivity index (χ1n) is 7.23. The Bertz CT molecular complexity index is 444. The molecular weight excluding hydrogens is 318 g/mol. The van der Waals surface area contributed by atoms with E-state index in [9.17, 15) is 4.79 Å². The van der Waals surface area contributed by atoms with E-state index in [-0.39, 0.29) is 12.0 Å². The lowest BCUT2D eigenvalue weighted by atomic mass is 10.1. The Kier molecular flexibility index (Phi) is 5.46. The minimum absolute atomic E-state index is 0.0129. The maximum Gasteiger partial charge on any atom is 0.251 e. The van der Waals surface area contributed by atoms with Gasteiger partial charge in [0.05, 0.1) is 6.10 Å². The molecular formula is C16H22BrNO2. The molecule has 1 aliphatic rings. The second kappa shape index (κ2) is 7.11. The van der Waals surface area contributed by atoms with Crippen LogP contribution in [0.4, 0.5) is 0 Å². The van der Waals surface area contributed by atoms with Gasteiger partial charge >= 0.3 is 0 Å². The summed E-state index contributed by atoms with van der Waals surface area (Å²) in [4.78, 5) is 12.2. The summed E-state index contributed by atoms with van der Waals surface area (Å²) < 4.78 is 5.58. The summed E-state index contributed by atoms with van der Waals surface area (Å²) >= 11 is 3.53. The monoisotopic (exact) mass is 339 g/mol. The molecule has 3 nitrogen and oxygen atoms in total. The molecule has 2 unspecified atom stereocenters. The largest absolute Gasteiger partial charge is 0.491 e. The molecule has 1 fully saturated rings. The van der Waals surface area contributed by atoms with Crippen molar-refractivity contribution in [2.45, 2.75) is 45.3 Å². The zero-order valence-corrected chi connectivity index (χ0v) is 13.7. The lowest BCUT2D eigenvalue weighted by Gasteiger charge is -2.19. The molecule has 0 spiro atoms. The highest BCUT2D eigenvalue weighted by Crippen LogP contribution is 2.27. The van der Waals surface area contributed by atoms with Crippen molar-refractivity contribution >= 4 is 21.8 Å². The number of alkyl halides is 1. The molecule has 1 aliphatic carbocycles. The van der Waals surface area contributed by atoms with E-state index in [1.165, 1.54) is 12.8 Å². The Morgan fingerprint density at radius 3 is 2.65 bits per heavy atom. The fraction of sp³-hybridized carbons (Fsp3) is 0.562. The van der Waals surface area contributed by atoms with Crippen molar-refractivity contribution in [1.29, 1.82) is 0 Å². The molecule has 0 heterocycles. The van der Waals surface area contributed by atoms with Crippen molar-refractivity contribution in [3.63, 3.8) is 0 Å². The third-order valence-corrected chi connectivity index (χ3v) is 4.49. The van der Waals surface area contributed by atoms with E-state index in [1.807, 2.05) is 38.1 Å². The summed E-state index contributed by atoms with van der Waals surface area (Å²) in [5.74, 6) is 1.37. The second-order valence-corrected chi connectivity index (χ2v) is 6.26. The van der Waals surface area contributed by atoms with E-state index in [4.69, 9.17) is 4.74 Å². The number of halogens is 1. The number of nitrogens with one attached hydrogen (secondary N) is 1. The van der Waals surface area contributed by atoms with Gasteiger partial charge in [-0.05, 0) is 56.9 Å². The predicted molar refractivity (Wildman–Crippen MR) is 84.6 cm³/mol. The van der Waals surface area contributed by atoms with Crippen LogP contribution in [0.15, 0.2) is 24.3 Å². The Hall–Kier alpha value is -1.03. The van der Waals surface area contributed by atoms with E-state index in [2.05, 4.69) is 21.2 Å². The molecule has 1 aromatic rings. The van der Waals surface area contributed by atoms with E-state index in [0.29, 0.717) is 17.5 Å². The Balaban J connectivity index is 1.95. The number of benzene rings is 1. The standard InChI is InChI=1S/C16H22BrNO2/c1-11(2)20-14-8-6-12(7-9-14)16(19)18-15-5-3-4-13(15)10-17/h6-9,11,13,15H,3-5,10H2,1-2H3,(H,18,19). The Morgan fingerprint density at radius 1 is 1.35 bits per heavy atom. The fourth-order valence-electron chi connectivity index (χ4n) is 2.62. The predicted octanol–water partition coefficient (Wildman–Crippen LogP) is 3.77. The van der Waals surface area contributed by atoms with Gasteiger partial charge < -0.3 is 10.1 Å². The maximum atomic E-state index is 12.2. The first-order chi connectivity index (χ1) is 9.60. The maximum absolute atomic E-state index is 12.2. The summed E-state index contributed by atoms with van der Waals surface area (Å²) in [7, 11) is 0. The summed E-state index contributed by atoms with van der Waals surface area (Å²) in [5.41, 5.74) is 0.696. The summed E-state index contributed by atoms with van der Waals surface area (Å²) in [6.07, 6.45) is 3.61. The van der Waals surface area contributed by atoms with Gasteiger partial charge in [-0.1, -0.05) is 22.4 Å².